The molecule has 34 heavy (non-hydrogen) atoms. The van der Waals surface area contributed by atoms with Gasteiger partial charge in [-0.2, -0.15) is 4.52 Å². The van der Waals surface area contributed by atoms with Crippen LogP contribution in [0.25, 0.3) is 5.65 Å². The Hall–Kier alpha value is -2.91. The van der Waals surface area contributed by atoms with Crippen LogP contribution < -0.4 is 15.1 Å². The van der Waals surface area contributed by atoms with E-state index >= 15 is 0 Å². The molecule has 0 aliphatic carbocycles. The van der Waals surface area contributed by atoms with Crippen molar-refractivity contribution in [3.8, 4) is 11.6 Å². The average Bonchev–Trinajstić information content (AvgIpc) is 3.04. The van der Waals surface area contributed by atoms with Gasteiger partial charge in [-0.1, -0.05) is 20.8 Å². The summed E-state index contributed by atoms with van der Waals surface area (Å²) in [6, 6.07) is 5.39. The zero-order valence-electron chi connectivity index (χ0n) is 20.8. The molecule has 9 nitrogen and oxygen atoms in total. The van der Waals surface area contributed by atoms with Crippen molar-refractivity contribution in [2.75, 3.05) is 13.2 Å². The summed E-state index contributed by atoms with van der Waals surface area (Å²) in [5.74, 6) is 0.766. The molecule has 0 fully saturated rings. The molecular weight excluding hydrogens is 458 g/mol. The van der Waals surface area contributed by atoms with Gasteiger partial charge in [-0.05, 0) is 56.9 Å². The molecule has 0 saturated carbocycles. The molecule has 0 spiro atoms. The maximum atomic E-state index is 13.2. The zero-order valence-corrected chi connectivity index (χ0v) is 21.6. The Morgan fingerprint density at radius 3 is 2.41 bits per heavy atom. The highest BCUT2D eigenvalue weighted by molar-refractivity contribution is 5.96. The summed E-state index contributed by atoms with van der Waals surface area (Å²) in [7, 11) is 0. The molecule has 10 heteroatoms. The molecule has 2 aromatic heterocycles. The van der Waals surface area contributed by atoms with Crippen molar-refractivity contribution in [3.05, 3.63) is 46.1 Å². The van der Waals surface area contributed by atoms with Crippen LogP contribution >= 0.6 is 12.4 Å². The fourth-order valence-electron chi connectivity index (χ4n) is 3.35. The number of carbonyl (C=O) groups is 1. The van der Waals surface area contributed by atoms with Gasteiger partial charge in [-0.3, -0.25) is 10.2 Å². The van der Waals surface area contributed by atoms with Crippen molar-refractivity contribution in [1.82, 2.24) is 19.4 Å². The van der Waals surface area contributed by atoms with Crippen LogP contribution in [0.15, 0.2) is 18.2 Å². The molecule has 0 aliphatic rings. The van der Waals surface area contributed by atoms with Crippen molar-refractivity contribution in [3.63, 3.8) is 0 Å². The number of ketones is 1. The van der Waals surface area contributed by atoms with Gasteiger partial charge in [-0.25, -0.2) is 4.68 Å². The van der Waals surface area contributed by atoms with Crippen LogP contribution in [0.4, 0.5) is 0 Å². The fraction of sp³-hybridized carbons (Fsp3) is 0.500. The molecule has 0 aliphatic heterocycles. The monoisotopic (exact) mass is 491 g/mol. The summed E-state index contributed by atoms with van der Waals surface area (Å²) >= 11 is 0. The van der Waals surface area contributed by atoms with E-state index < -0.39 is 0 Å². The standard InChI is InChI=1S/C24H33N5O4.ClH/c1-14(2)33-22-16(4)15(3)21-26-28(23(25)29(21)27-22)13-20(31)17-10-18(24(5,6)7)12-19(11-17)32-9-8-30;/h10-12,14,25,30H,8-9,13H2,1-7H3;1H. The van der Waals surface area contributed by atoms with E-state index in [0.717, 1.165) is 16.7 Å². The van der Waals surface area contributed by atoms with Crippen LogP contribution in [0, 0.1) is 19.3 Å². The number of halogens is 1. The molecule has 1 aromatic carbocycles. The van der Waals surface area contributed by atoms with Crippen molar-refractivity contribution in [2.24, 2.45) is 0 Å². The Morgan fingerprint density at radius 1 is 1.15 bits per heavy atom. The van der Waals surface area contributed by atoms with E-state index in [0.29, 0.717) is 22.8 Å². The first-order chi connectivity index (χ1) is 15.4. The Bertz CT molecular complexity index is 1240. The summed E-state index contributed by atoms with van der Waals surface area (Å²) in [6.07, 6.45) is -0.0585. The van der Waals surface area contributed by atoms with Gasteiger partial charge >= 0.3 is 0 Å². The largest absolute Gasteiger partial charge is 0.491 e. The van der Waals surface area contributed by atoms with E-state index in [2.05, 4.69) is 31.0 Å². The number of aliphatic hydroxyl groups is 1. The van der Waals surface area contributed by atoms with Crippen LogP contribution in [-0.4, -0.2) is 49.6 Å². The average molecular weight is 492 g/mol. The number of nitrogens with zero attached hydrogens (tertiary/aromatic N) is 4. The molecule has 0 radical (unpaired) electrons. The Morgan fingerprint density at radius 2 is 1.82 bits per heavy atom. The molecule has 0 saturated heterocycles. The Balaban J connectivity index is 0.00000408. The molecule has 2 heterocycles. The number of aryl methyl sites for hydroxylation is 1. The third-order valence-corrected chi connectivity index (χ3v) is 5.37. The number of benzene rings is 1. The molecule has 3 rings (SSSR count). The minimum atomic E-state index is -0.204. The van der Waals surface area contributed by atoms with Crippen molar-refractivity contribution in [2.45, 2.75) is 66.5 Å². The highest BCUT2D eigenvalue weighted by atomic mass is 35.5. The second-order valence-electron chi connectivity index (χ2n) is 9.43. The van der Waals surface area contributed by atoms with Gasteiger partial charge in [0.15, 0.2) is 11.4 Å². The van der Waals surface area contributed by atoms with Gasteiger partial charge in [0.2, 0.25) is 11.5 Å². The van der Waals surface area contributed by atoms with E-state index in [9.17, 15) is 4.79 Å². The second kappa shape index (κ2) is 10.6. The number of hydrogen-bond donors (Lipinski definition) is 2. The molecule has 2 N–H and O–H groups in total. The van der Waals surface area contributed by atoms with Crippen molar-refractivity contribution in [1.29, 1.82) is 5.41 Å². The lowest BCUT2D eigenvalue weighted by Gasteiger charge is -2.21. The fourth-order valence-corrected chi connectivity index (χ4v) is 3.35. The molecule has 3 aromatic rings. The topological polar surface area (TPSA) is 115 Å². The lowest BCUT2D eigenvalue weighted by molar-refractivity contribution is 0.0965. The molecule has 0 unspecified atom stereocenters. The van der Waals surface area contributed by atoms with Gasteiger partial charge < -0.3 is 14.6 Å². The highest BCUT2D eigenvalue weighted by Crippen LogP contribution is 2.28. The quantitative estimate of drug-likeness (QED) is 0.467. The number of aliphatic hydroxyl groups excluding tert-OH is 1. The molecule has 0 amide bonds. The van der Waals surface area contributed by atoms with Crippen LogP contribution in [0.5, 0.6) is 11.6 Å². The maximum absolute atomic E-state index is 13.2. The number of carbonyl (C=O) groups excluding carboxylic acids is 1. The van der Waals surface area contributed by atoms with E-state index in [-0.39, 0.29) is 55.1 Å². The zero-order chi connectivity index (χ0) is 24.5. The van der Waals surface area contributed by atoms with Gasteiger partial charge in [0, 0.05) is 16.7 Å². The maximum Gasteiger partial charge on any atom is 0.242 e. The summed E-state index contributed by atoms with van der Waals surface area (Å²) in [5.41, 5.74) is 3.39. The number of hydrogen-bond acceptors (Lipinski definition) is 7. The third-order valence-electron chi connectivity index (χ3n) is 5.37. The first-order valence-electron chi connectivity index (χ1n) is 11.0. The second-order valence-corrected chi connectivity index (χ2v) is 9.43. The summed E-state index contributed by atoms with van der Waals surface area (Å²) < 4.78 is 14.1. The van der Waals surface area contributed by atoms with E-state index in [4.69, 9.17) is 20.0 Å². The molecule has 186 valence electrons. The van der Waals surface area contributed by atoms with Crippen LogP contribution in [0.1, 0.15) is 61.7 Å². The predicted octanol–water partition coefficient (Wildman–Crippen LogP) is 3.39. The predicted molar refractivity (Wildman–Crippen MR) is 131 cm³/mol. The van der Waals surface area contributed by atoms with Crippen molar-refractivity contribution < 1.29 is 19.4 Å². The Kier molecular flexibility index (Phi) is 8.50. The Labute approximate surface area is 205 Å². The van der Waals surface area contributed by atoms with E-state index in [1.165, 1.54) is 9.20 Å². The molecule has 0 atom stereocenters. The van der Waals surface area contributed by atoms with Gasteiger partial charge in [0.05, 0.1) is 12.7 Å². The van der Waals surface area contributed by atoms with Gasteiger partial charge in [0.1, 0.15) is 18.9 Å². The number of aromatic nitrogens is 4. The molecule has 0 bridgehead atoms. The van der Waals surface area contributed by atoms with Crippen LogP contribution in [0.3, 0.4) is 0 Å². The summed E-state index contributed by atoms with van der Waals surface area (Å²) in [4.78, 5) is 13.2. The number of fused-ring (bicyclic) bond motifs is 1. The minimum absolute atomic E-state index is 0. The van der Waals surface area contributed by atoms with E-state index in [1.807, 2.05) is 39.8 Å². The van der Waals surface area contributed by atoms with Crippen LogP contribution in [0.2, 0.25) is 0 Å². The minimum Gasteiger partial charge on any atom is -0.491 e. The SMILES string of the molecule is Cc1c(OC(C)C)nn2c(=N)n(CC(=O)c3cc(OCCO)cc(C(C)(C)C)c3)nc2c1C.Cl. The summed E-state index contributed by atoms with van der Waals surface area (Å²) in [5, 5.41) is 26.6. The smallest absolute Gasteiger partial charge is 0.242 e. The van der Waals surface area contributed by atoms with Gasteiger partial charge in [-0.15, -0.1) is 22.6 Å². The van der Waals surface area contributed by atoms with Gasteiger partial charge in [0.25, 0.3) is 0 Å². The first kappa shape index (κ1) is 27.3. The van der Waals surface area contributed by atoms with Crippen LogP contribution in [-0.2, 0) is 12.0 Å². The lowest BCUT2D eigenvalue weighted by Crippen LogP contribution is -2.27. The molecular formula is C24H34ClN5O4. The number of nitrogens with one attached hydrogen (secondary N) is 1. The lowest BCUT2D eigenvalue weighted by atomic mass is 9.85. The number of rotatable bonds is 8. The normalized spacial score (nSPS) is 11.6. The first-order valence-corrected chi connectivity index (χ1v) is 11.0. The summed E-state index contributed by atoms with van der Waals surface area (Å²) in [6.45, 7) is 13.7. The third kappa shape index (κ3) is 5.77. The number of Topliss-reactive ketones (excluding diaryl/α,β-unsaturated/α-hetero) is 1. The van der Waals surface area contributed by atoms with Crippen molar-refractivity contribution >= 4 is 23.8 Å². The number of ether oxygens (including phenoxy) is 2. The highest BCUT2D eigenvalue weighted by Gasteiger charge is 2.21. The van der Waals surface area contributed by atoms with E-state index in [1.54, 1.807) is 6.07 Å².